The fourth-order valence-corrected chi connectivity index (χ4v) is 1.93. The normalized spacial score (nSPS) is 10.1. The van der Waals surface area contributed by atoms with E-state index in [-0.39, 0.29) is 11.5 Å². The molecule has 1 amide bonds. The molecule has 2 rings (SSSR count). The molecule has 0 radical (unpaired) electrons. The zero-order valence-electron chi connectivity index (χ0n) is 12.9. The number of carboxylic acids is 1. The van der Waals surface area contributed by atoms with Crippen LogP contribution in [0.3, 0.4) is 0 Å². The second-order valence-corrected chi connectivity index (χ2v) is 5.05. The minimum absolute atomic E-state index is 0.0663. The van der Waals surface area contributed by atoms with E-state index in [1.54, 1.807) is 24.3 Å². The number of anilines is 1. The van der Waals surface area contributed by atoms with Crippen LogP contribution in [0.4, 0.5) is 5.69 Å². The lowest BCUT2D eigenvalue weighted by atomic mass is 10.2. The first-order valence-corrected chi connectivity index (χ1v) is 7.46. The smallest absolute Gasteiger partial charge is 0.255 e. The molecule has 5 nitrogen and oxygen atoms in total. The summed E-state index contributed by atoms with van der Waals surface area (Å²) in [6, 6.07) is 12.7. The van der Waals surface area contributed by atoms with E-state index in [1.165, 1.54) is 24.3 Å². The maximum atomic E-state index is 12.1. The maximum Gasteiger partial charge on any atom is 0.255 e. The molecule has 0 aliphatic heterocycles. The predicted molar refractivity (Wildman–Crippen MR) is 85.6 cm³/mol. The lowest BCUT2D eigenvalue weighted by Gasteiger charge is -2.08. The summed E-state index contributed by atoms with van der Waals surface area (Å²) in [6.07, 6.45) is 2.06. The van der Waals surface area contributed by atoms with Gasteiger partial charge in [-0.05, 0) is 48.4 Å². The molecule has 0 saturated heterocycles. The molecule has 0 heterocycles. The van der Waals surface area contributed by atoms with E-state index < -0.39 is 5.97 Å². The fraction of sp³-hybridized carbons (Fsp3) is 0.222. The highest BCUT2D eigenvalue weighted by atomic mass is 16.5. The van der Waals surface area contributed by atoms with Crippen LogP contribution in [0.25, 0.3) is 0 Å². The van der Waals surface area contributed by atoms with Crippen molar-refractivity contribution in [3.63, 3.8) is 0 Å². The third kappa shape index (κ3) is 4.85. The van der Waals surface area contributed by atoms with Gasteiger partial charge in [-0.2, -0.15) is 0 Å². The van der Waals surface area contributed by atoms with E-state index >= 15 is 0 Å². The molecule has 120 valence electrons. The molecule has 23 heavy (non-hydrogen) atoms. The van der Waals surface area contributed by atoms with Gasteiger partial charge in [0.1, 0.15) is 5.75 Å². The summed E-state index contributed by atoms with van der Waals surface area (Å²) in [5.74, 6) is -0.791. The minimum atomic E-state index is -1.25. The number of hydrogen-bond acceptors (Lipinski definition) is 4. The molecule has 0 aliphatic rings. The summed E-state index contributed by atoms with van der Waals surface area (Å²) >= 11 is 0. The number of rotatable bonds is 7. The molecule has 2 aromatic carbocycles. The number of carbonyl (C=O) groups is 2. The molecule has 0 aliphatic carbocycles. The summed E-state index contributed by atoms with van der Waals surface area (Å²) < 4.78 is 5.54. The van der Waals surface area contributed by atoms with Crippen molar-refractivity contribution in [3.05, 3.63) is 59.7 Å². The second kappa shape index (κ2) is 7.98. The Hall–Kier alpha value is -2.82. The van der Waals surface area contributed by atoms with Crippen LogP contribution >= 0.6 is 0 Å². The number of unbranched alkanes of at least 4 members (excludes halogenated alkanes) is 1. The zero-order chi connectivity index (χ0) is 16.7. The van der Waals surface area contributed by atoms with Crippen molar-refractivity contribution in [1.82, 2.24) is 0 Å². The van der Waals surface area contributed by atoms with Crippen LogP contribution in [0.15, 0.2) is 48.5 Å². The molecule has 0 aromatic heterocycles. The molecule has 0 saturated carbocycles. The topological polar surface area (TPSA) is 78.5 Å². The van der Waals surface area contributed by atoms with Crippen molar-refractivity contribution < 1.29 is 19.4 Å². The largest absolute Gasteiger partial charge is 0.545 e. The van der Waals surface area contributed by atoms with Gasteiger partial charge in [-0.1, -0.05) is 25.5 Å². The van der Waals surface area contributed by atoms with E-state index in [2.05, 4.69) is 12.2 Å². The molecule has 1 N–H and O–H groups in total. The number of ether oxygens (including phenoxy) is 1. The third-order valence-electron chi connectivity index (χ3n) is 3.26. The Bertz CT molecular complexity index is 662. The number of amides is 1. The summed E-state index contributed by atoms with van der Waals surface area (Å²) in [5.41, 5.74) is 1.08. The minimum Gasteiger partial charge on any atom is -0.545 e. The maximum absolute atomic E-state index is 12.1. The highest BCUT2D eigenvalue weighted by Gasteiger charge is 2.06. The first-order chi connectivity index (χ1) is 11.1. The predicted octanol–water partition coefficient (Wildman–Crippen LogP) is 2.48. The Morgan fingerprint density at radius 3 is 2.17 bits per heavy atom. The Labute approximate surface area is 134 Å². The first kappa shape index (κ1) is 16.5. The monoisotopic (exact) mass is 312 g/mol. The van der Waals surface area contributed by atoms with Crippen molar-refractivity contribution >= 4 is 17.6 Å². The molecular weight excluding hydrogens is 294 g/mol. The van der Waals surface area contributed by atoms with Gasteiger partial charge in [0.15, 0.2) is 0 Å². The average Bonchev–Trinajstić information content (AvgIpc) is 2.56. The van der Waals surface area contributed by atoms with E-state index in [0.29, 0.717) is 17.9 Å². The molecular formula is C18H18NO4-. The van der Waals surface area contributed by atoms with Gasteiger partial charge in [0, 0.05) is 11.3 Å². The molecule has 0 fully saturated rings. The number of nitrogens with one attached hydrogen (secondary N) is 1. The summed E-state index contributed by atoms with van der Waals surface area (Å²) in [7, 11) is 0. The highest BCUT2D eigenvalue weighted by Crippen LogP contribution is 2.15. The lowest BCUT2D eigenvalue weighted by Crippen LogP contribution is -2.22. The fourth-order valence-electron chi connectivity index (χ4n) is 1.93. The molecule has 0 atom stereocenters. The summed E-state index contributed by atoms with van der Waals surface area (Å²) in [4.78, 5) is 22.8. The van der Waals surface area contributed by atoms with Crippen molar-refractivity contribution in [1.29, 1.82) is 0 Å². The van der Waals surface area contributed by atoms with Gasteiger partial charge >= 0.3 is 0 Å². The van der Waals surface area contributed by atoms with Crippen LogP contribution in [-0.2, 0) is 0 Å². The van der Waals surface area contributed by atoms with Gasteiger partial charge in [0.25, 0.3) is 5.91 Å². The number of aromatic carboxylic acids is 1. The molecule has 0 spiro atoms. The quantitative estimate of drug-likeness (QED) is 0.797. The van der Waals surface area contributed by atoms with Gasteiger partial charge in [-0.25, -0.2) is 0 Å². The first-order valence-electron chi connectivity index (χ1n) is 7.46. The average molecular weight is 312 g/mol. The summed E-state index contributed by atoms with van der Waals surface area (Å²) in [5, 5.41) is 13.4. The van der Waals surface area contributed by atoms with Gasteiger partial charge in [-0.3, -0.25) is 4.79 Å². The van der Waals surface area contributed by atoms with E-state index in [1.807, 2.05) is 0 Å². The van der Waals surface area contributed by atoms with E-state index in [4.69, 9.17) is 4.74 Å². The Balaban J connectivity index is 1.96. The van der Waals surface area contributed by atoms with Crippen LogP contribution in [0.2, 0.25) is 0 Å². The van der Waals surface area contributed by atoms with Crippen molar-refractivity contribution in [3.8, 4) is 5.75 Å². The van der Waals surface area contributed by atoms with Gasteiger partial charge in [0.05, 0.1) is 12.6 Å². The van der Waals surface area contributed by atoms with Crippen LogP contribution in [0.5, 0.6) is 5.75 Å². The lowest BCUT2D eigenvalue weighted by molar-refractivity contribution is -0.255. The number of carboxylic acid groups (broad SMARTS) is 1. The van der Waals surface area contributed by atoms with Crippen molar-refractivity contribution in [2.45, 2.75) is 19.8 Å². The zero-order valence-corrected chi connectivity index (χ0v) is 12.9. The third-order valence-corrected chi connectivity index (χ3v) is 3.26. The number of hydrogen-bond donors (Lipinski definition) is 1. The molecule has 2 aromatic rings. The van der Waals surface area contributed by atoms with Crippen LogP contribution < -0.4 is 15.2 Å². The number of benzene rings is 2. The van der Waals surface area contributed by atoms with Gasteiger partial charge in [0.2, 0.25) is 0 Å². The van der Waals surface area contributed by atoms with Crippen molar-refractivity contribution in [2.75, 3.05) is 11.9 Å². The standard InChI is InChI=1S/C18H19NO4/c1-2-3-12-23-16-10-6-13(7-11-16)17(20)19-15-8-4-14(5-9-15)18(21)22/h4-11H,2-3,12H2,1H3,(H,19,20)(H,21,22)/p-1. The number of carbonyl (C=O) groups excluding carboxylic acids is 2. The van der Waals surface area contributed by atoms with E-state index in [0.717, 1.165) is 18.6 Å². The van der Waals surface area contributed by atoms with Gasteiger partial charge < -0.3 is 20.0 Å². The highest BCUT2D eigenvalue weighted by molar-refractivity contribution is 6.04. The Morgan fingerprint density at radius 1 is 1.00 bits per heavy atom. The summed E-state index contributed by atoms with van der Waals surface area (Å²) in [6.45, 7) is 2.75. The van der Waals surface area contributed by atoms with E-state index in [9.17, 15) is 14.7 Å². The Morgan fingerprint density at radius 2 is 1.61 bits per heavy atom. The molecule has 0 bridgehead atoms. The van der Waals surface area contributed by atoms with Crippen molar-refractivity contribution in [2.24, 2.45) is 0 Å². The van der Waals surface area contributed by atoms with Gasteiger partial charge in [-0.15, -0.1) is 0 Å². The van der Waals surface area contributed by atoms with Crippen LogP contribution in [0, 0.1) is 0 Å². The Kier molecular flexibility index (Phi) is 5.74. The van der Waals surface area contributed by atoms with Crippen LogP contribution in [-0.4, -0.2) is 18.5 Å². The molecule has 0 unspecified atom stereocenters. The molecule has 5 heteroatoms. The SMILES string of the molecule is CCCCOc1ccc(C(=O)Nc2ccc(C(=O)[O-])cc2)cc1. The second-order valence-electron chi connectivity index (χ2n) is 5.05. The van der Waals surface area contributed by atoms with Crippen LogP contribution in [0.1, 0.15) is 40.5 Å².